The lowest BCUT2D eigenvalue weighted by Crippen LogP contribution is -2.50. The first kappa shape index (κ1) is 18.5. The lowest BCUT2D eigenvalue weighted by molar-refractivity contribution is 0.289. The number of nitrogens with two attached hydrogens (primary N) is 2. The highest BCUT2D eigenvalue weighted by Crippen LogP contribution is 2.39. The van der Waals surface area contributed by atoms with Gasteiger partial charge in [0, 0.05) is 15.9 Å². The molecule has 0 spiro atoms. The first-order chi connectivity index (χ1) is 12.7. The molecule has 1 atom stereocenters. The Hall–Kier alpha value is -1.86. The largest absolute Gasteiger partial charge is 0.356 e. The van der Waals surface area contributed by atoms with Crippen LogP contribution in [0, 0.1) is 5.92 Å². The highest BCUT2D eigenvalue weighted by atomic mass is 35.5. The predicted molar refractivity (Wildman–Crippen MR) is 107 cm³/mol. The molecule has 1 aromatic heterocycles. The molecule has 0 saturated carbocycles. The number of sulfone groups is 1. The van der Waals surface area contributed by atoms with Gasteiger partial charge < -0.3 is 16.5 Å². The molecule has 0 fully saturated rings. The Morgan fingerprint density at radius 2 is 1.81 bits per heavy atom. The molecule has 0 saturated heterocycles. The number of H-pyrrole nitrogens is 1. The van der Waals surface area contributed by atoms with Gasteiger partial charge in [-0.3, -0.25) is 0 Å². The van der Waals surface area contributed by atoms with Crippen LogP contribution < -0.4 is 11.5 Å². The van der Waals surface area contributed by atoms with E-state index in [0.717, 1.165) is 35.0 Å². The maximum Gasteiger partial charge on any atom is 0.206 e. The van der Waals surface area contributed by atoms with Gasteiger partial charge in [-0.25, -0.2) is 8.42 Å². The second-order valence-electron chi connectivity index (χ2n) is 7.37. The molecule has 0 radical (unpaired) electrons. The van der Waals surface area contributed by atoms with Gasteiger partial charge >= 0.3 is 0 Å². The minimum Gasteiger partial charge on any atom is -0.356 e. The topological polar surface area (TPSA) is 102 Å². The zero-order valence-corrected chi connectivity index (χ0v) is 16.6. The first-order valence-corrected chi connectivity index (χ1v) is 10.8. The number of hydrogen-bond donors (Lipinski definition) is 3. The van der Waals surface area contributed by atoms with Gasteiger partial charge in [-0.15, -0.1) is 0 Å². The van der Waals surface area contributed by atoms with Crippen LogP contribution >= 0.6 is 11.6 Å². The maximum absolute atomic E-state index is 13.0. The summed E-state index contributed by atoms with van der Waals surface area (Å²) in [6.07, 6.45) is 2.52. The van der Waals surface area contributed by atoms with Gasteiger partial charge in [-0.1, -0.05) is 24.9 Å². The maximum atomic E-state index is 13.0. The van der Waals surface area contributed by atoms with Crippen LogP contribution in [0.5, 0.6) is 0 Å². The lowest BCUT2D eigenvalue weighted by Gasteiger charge is -2.34. The van der Waals surface area contributed by atoms with E-state index in [4.69, 9.17) is 23.1 Å². The number of fused-ring (bicyclic) bond motifs is 3. The SMILES string of the molecule is CCC1Cc2c([nH]c3ccc(S(=O)(=O)c4ccc(Cl)cc4)cc23)C(N)(N)C1. The minimum atomic E-state index is -3.63. The van der Waals surface area contributed by atoms with E-state index >= 15 is 0 Å². The molecule has 4 rings (SSSR count). The summed E-state index contributed by atoms with van der Waals surface area (Å²) in [6.45, 7) is 2.12. The Kier molecular flexibility index (Phi) is 4.35. The smallest absolute Gasteiger partial charge is 0.206 e. The van der Waals surface area contributed by atoms with E-state index in [1.54, 1.807) is 30.3 Å². The lowest BCUT2D eigenvalue weighted by atomic mass is 9.79. The van der Waals surface area contributed by atoms with Crippen LogP contribution in [-0.2, 0) is 21.9 Å². The molecular weight excluding hydrogens is 382 g/mol. The highest BCUT2D eigenvalue weighted by molar-refractivity contribution is 7.91. The van der Waals surface area contributed by atoms with Crippen molar-refractivity contribution in [2.45, 2.75) is 41.6 Å². The number of hydrogen-bond acceptors (Lipinski definition) is 4. The van der Waals surface area contributed by atoms with Crippen LogP contribution in [0.4, 0.5) is 0 Å². The van der Waals surface area contributed by atoms with Crippen molar-refractivity contribution in [1.29, 1.82) is 0 Å². The van der Waals surface area contributed by atoms with E-state index in [0.29, 0.717) is 17.4 Å². The van der Waals surface area contributed by atoms with Gasteiger partial charge in [0.1, 0.15) is 5.66 Å². The molecule has 1 aliphatic rings. The van der Waals surface area contributed by atoms with Gasteiger partial charge in [0.2, 0.25) is 9.84 Å². The Morgan fingerprint density at radius 1 is 1.15 bits per heavy atom. The minimum absolute atomic E-state index is 0.217. The molecular formula is C20H22ClN3O2S. The van der Waals surface area contributed by atoms with E-state index in [9.17, 15) is 8.42 Å². The molecule has 142 valence electrons. The van der Waals surface area contributed by atoms with E-state index < -0.39 is 15.5 Å². The molecule has 3 aromatic rings. The molecule has 5 N–H and O–H groups in total. The second-order valence-corrected chi connectivity index (χ2v) is 9.75. The summed E-state index contributed by atoms with van der Waals surface area (Å²) in [6, 6.07) is 11.3. The van der Waals surface area contributed by atoms with Crippen molar-refractivity contribution in [2.24, 2.45) is 17.4 Å². The van der Waals surface area contributed by atoms with Crippen molar-refractivity contribution in [2.75, 3.05) is 0 Å². The molecule has 0 aliphatic heterocycles. The molecule has 2 aromatic carbocycles. The van der Waals surface area contributed by atoms with Gasteiger partial charge in [0.05, 0.1) is 15.5 Å². The molecule has 27 heavy (non-hydrogen) atoms. The van der Waals surface area contributed by atoms with Crippen LogP contribution in [0.2, 0.25) is 5.02 Å². The van der Waals surface area contributed by atoms with Gasteiger partial charge in [-0.05, 0) is 66.8 Å². The van der Waals surface area contributed by atoms with Gasteiger partial charge in [0.15, 0.2) is 0 Å². The number of aromatic nitrogens is 1. The summed E-state index contributed by atoms with van der Waals surface area (Å²) in [5, 5.41) is 1.37. The summed E-state index contributed by atoms with van der Waals surface area (Å²) >= 11 is 5.88. The van der Waals surface area contributed by atoms with Crippen molar-refractivity contribution in [3.63, 3.8) is 0 Å². The molecule has 1 heterocycles. The van der Waals surface area contributed by atoms with Crippen LogP contribution in [-0.4, -0.2) is 13.4 Å². The summed E-state index contributed by atoms with van der Waals surface area (Å²) < 4.78 is 26.0. The average molecular weight is 404 g/mol. The third-order valence-electron chi connectivity index (χ3n) is 5.47. The van der Waals surface area contributed by atoms with Crippen molar-refractivity contribution in [1.82, 2.24) is 4.98 Å². The van der Waals surface area contributed by atoms with Crippen LogP contribution in [0.1, 0.15) is 31.0 Å². The Balaban J connectivity index is 1.87. The summed E-state index contributed by atoms with van der Waals surface area (Å²) in [7, 11) is -3.63. The standard InChI is InChI=1S/C20H22ClN3O2S/c1-2-12-9-17-16-10-15(27(25,26)14-5-3-13(21)4-6-14)7-8-18(16)24-19(17)20(22,23)11-12/h3-8,10,12,24H,2,9,11,22-23H2,1H3. The molecule has 1 aliphatic carbocycles. The second kappa shape index (κ2) is 6.34. The Labute approximate surface area is 163 Å². The van der Waals surface area contributed by atoms with Gasteiger partial charge in [-0.2, -0.15) is 0 Å². The van der Waals surface area contributed by atoms with E-state index in [-0.39, 0.29) is 9.79 Å². The summed E-state index contributed by atoms with van der Waals surface area (Å²) in [5.74, 6) is 0.378. The third-order valence-corrected chi connectivity index (χ3v) is 7.49. The highest BCUT2D eigenvalue weighted by Gasteiger charge is 2.36. The number of halogens is 1. The number of benzene rings is 2. The number of aromatic amines is 1. The Bertz CT molecular complexity index is 1120. The van der Waals surface area contributed by atoms with Crippen LogP contribution in [0.15, 0.2) is 52.3 Å². The zero-order chi connectivity index (χ0) is 19.4. The van der Waals surface area contributed by atoms with Crippen molar-refractivity contribution < 1.29 is 8.42 Å². The van der Waals surface area contributed by atoms with E-state index in [1.807, 2.05) is 0 Å². The molecule has 7 heteroatoms. The fraction of sp³-hybridized carbons (Fsp3) is 0.300. The fourth-order valence-electron chi connectivity index (χ4n) is 3.98. The van der Waals surface area contributed by atoms with Crippen LogP contribution in [0.25, 0.3) is 10.9 Å². The molecule has 0 amide bonds. The molecule has 5 nitrogen and oxygen atoms in total. The third kappa shape index (κ3) is 3.06. The normalized spacial score (nSPS) is 19.2. The zero-order valence-electron chi connectivity index (χ0n) is 15.0. The summed E-state index contributed by atoms with van der Waals surface area (Å²) in [5.41, 5.74) is 14.5. The average Bonchev–Trinajstić information content (AvgIpc) is 3.00. The van der Waals surface area contributed by atoms with Crippen molar-refractivity contribution in [3.8, 4) is 0 Å². The monoisotopic (exact) mass is 403 g/mol. The predicted octanol–water partition coefficient (Wildman–Crippen LogP) is 3.70. The summed E-state index contributed by atoms with van der Waals surface area (Å²) in [4.78, 5) is 3.78. The van der Waals surface area contributed by atoms with E-state index in [1.165, 1.54) is 12.1 Å². The Morgan fingerprint density at radius 3 is 2.48 bits per heavy atom. The quantitative estimate of drug-likeness (QED) is 0.580. The fourth-order valence-corrected chi connectivity index (χ4v) is 5.40. The van der Waals surface area contributed by atoms with Gasteiger partial charge in [0.25, 0.3) is 0 Å². The number of rotatable bonds is 3. The van der Waals surface area contributed by atoms with Crippen molar-refractivity contribution in [3.05, 3.63) is 58.7 Å². The molecule has 0 bridgehead atoms. The number of nitrogens with one attached hydrogen (secondary N) is 1. The van der Waals surface area contributed by atoms with Crippen molar-refractivity contribution >= 4 is 32.3 Å². The van der Waals surface area contributed by atoms with E-state index in [2.05, 4.69) is 11.9 Å². The molecule has 1 unspecified atom stereocenters. The van der Waals surface area contributed by atoms with Crippen LogP contribution in [0.3, 0.4) is 0 Å². The first-order valence-electron chi connectivity index (χ1n) is 8.96.